The average molecular weight is 393 g/mol. The molecule has 0 radical (unpaired) electrons. The van der Waals surface area contributed by atoms with Crippen LogP contribution < -0.4 is 20.9 Å². The Labute approximate surface area is 174 Å². The Morgan fingerprint density at radius 2 is 1.14 bits per heavy atom. The highest BCUT2D eigenvalue weighted by Gasteiger charge is 2.19. The van der Waals surface area contributed by atoms with E-state index in [1.54, 1.807) is 0 Å². The Bertz CT molecular complexity index is 1020. The van der Waals surface area contributed by atoms with Crippen LogP contribution in [0.5, 0.6) is 0 Å². The standard InChI is InChI=1S/C26H24N2Si/c27-26(28-20-21-11-4-1-5-12-21)22-13-10-18-25(19-22)29(23-14-6-2-7-15-23)24-16-8-3-9-17-24/h1-19,29H,20H2,(H2,27,28). The highest BCUT2D eigenvalue weighted by Crippen LogP contribution is 2.03. The van der Waals surface area contributed by atoms with E-state index in [0.717, 1.165) is 5.56 Å². The van der Waals surface area contributed by atoms with Gasteiger partial charge in [-0.25, -0.2) is 0 Å². The molecule has 0 spiro atoms. The van der Waals surface area contributed by atoms with Crippen LogP contribution in [-0.4, -0.2) is 14.6 Å². The van der Waals surface area contributed by atoms with Gasteiger partial charge in [-0.1, -0.05) is 131 Å². The molecule has 0 amide bonds. The van der Waals surface area contributed by atoms with Crippen LogP contribution in [0, 0.1) is 5.41 Å². The summed E-state index contributed by atoms with van der Waals surface area (Å²) in [6, 6.07) is 40.2. The minimum Gasteiger partial charge on any atom is -0.366 e. The summed E-state index contributed by atoms with van der Waals surface area (Å²) in [6.45, 7) is 0.655. The largest absolute Gasteiger partial charge is 0.366 e. The van der Waals surface area contributed by atoms with Crippen LogP contribution in [-0.2, 0) is 6.54 Å². The SMILES string of the molecule is N=C(NCc1ccccc1)c1cccc([SiH](c2ccccc2)c2ccccc2)c1. The minimum atomic E-state index is -1.58. The van der Waals surface area contributed by atoms with Gasteiger partial charge in [-0.3, -0.25) is 5.41 Å². The summed E-state index contributed by atoms with van der Waals surface area (Å²) >= 11 is 0. The van der Waals surface area contributed by atoms with Crippen molar-refractivity contribution >= 4 is 30.2 Å². The quantitative estimate of drug-likeness (QED) is 0.225. The Hall–Kier alpha value is -3.43. The van der Waals surface area contributed by atoms with Gasteiger partial charge in [-0.15, -0.1) is 0 Å². The van der Waals surface area contributed by atoms with Gasteiger partial charge < -0.3 is 5.32 Å². The van der Waals surface area contributed by atoms with Crippen molar-refractivity contribution in [3.05, 3.63) is 126 Å². The van der Waals surface area contributed by atoms with E-state index in [1.807, 2.05) is 24.3 Å². The van der Waals surface area contributed by atoms with Gasteiger partial charge in [0.1, 0.15) is 14.6 Å². The van der Waals surface area contributed by atoms with Crippen molar-refractivity contribution in [2.45, 2.75) is 6.54 Å². The molecule has 0 atom stereocenters. The molecule has 2 nitrogen and oxygen atoms in total. The van der Waals surface area contributed by atoms with E-state index in [9.17, 15) is 0 Å². The fraction of sp³-hybridized carbons (Fsp3) is 0.0385. The fourth-order valence-corrected chi connectivity index (χ4v) is 6.65. The summed E-state index contributed by atoms with van der Waals surface area (Å²) in [4.78, 5) is 0. The molecule has 142 valence electrons. The predicted molar refractivity (Wildman–Crippen MR) is 125 cm³/mol. The van der Waals surface area contributed by atoms with Gasteiger partial charge in [0.15, 0.2) is 0 Å². The predicted octanol–water partition coefficient (Wildman–Crippen LogP) is 3.05. The van der Waals surface area contributed by atoms with Crippen LogP contribution in [0.3, 0.4) is 0 Å². The molecule has 0 aliphatic carbocycles. The third-order valence-corrected chi connectivity index (χ3v) is 8.22. The van der Waals surface area contributed by atoms with Crippen LogP contribution >= 0.6 is 0 Å². The second-order valence-electron chi connectivity index (χ2n) is 7.09. The van der Waals surface area contributed by atoms with Crippen LogP contribution in [0.2, 0.25) is 0 Å². The van der Waals surface area contributed by atoms with Crippen molar-refractivity contribution in [1.29, 1.82) is 5.41 Å². The fourth-order valence-electron chi connectivity index (χ4n) is 3.63. The first-order chi connectivity index (χ1) is 14.3. The van der Waals surface area contributed by atoms with Crippen molar-refractivity contribution in [2.24, 2.45) is 0 Å². The van der Waals surface area contributed by atoms with E-state index in [2.05, 4.69) is 96.3 Å². The van der Waals surface area contributed by atoms with E-state index in [1.165, 1.54) is 21.1 Å². The summed E-state index contributed by atoms with van der Waals surface area (Å²) in [5, 5.41) is 15.9. The van der Waals surface area contributed by atoms with Gasteiger partial charge in [0.25, 0.3) is 0 Å². The number of rotatable bonds is 6. The number of benzene rings is 4. The maximum Gasteiger partial charge on any atom is 0.132 e. The molecule has 0 heterocycles. The molecule has 2 N–H and O–H groups in total. The Kier molecular flexibility index (Phi) is 5.98. The monoisotopic (exact) mass is 392 g/mol. The van der Waals surface area contributed by atoms with Crippen LogP contribution in [0.4, 0.5) is 0 Å². The first-order valence-corrected chi connectivity index (χ1v) is 11.6. The molecule has 0 aliphatic heterocycles. The summed E-state index contributed by atoms with van der Waals surface area (Å²) in [5.74, 6) is 0.463. The van der Waals surface area contributed by atoms with Crippen molar-refractivity contribution in [3.63, 3.8) is 0 Å². The average Bonchev–Trinajstić information content (AvgIpc) is 2.80. The summed E-state index contributed by atoms with van der Waals surface area (Å²) in [6.07, 6.45) is 0. The van der Waals surface area contributed by atoms with Crippen LogP contribution in [0.25, 0.3) is 0 Å². The van der Waals surface area contributed by atoms with Gasteiger partial charge in [0.05, 0.1) is 0 Å². The highest BCUT2D eigenvalue weighted by molar-refractivity contribution is 6.95. The maximum atomic E-state index is 8.53. The lowest BCUT2D eigenvalue weighted by atomic mass is 10.2. The molecule has 0 saturated carbocycles. The number of amidine groups is 1. The maximum absolute atomic E-state index is 8.53. The van der Waals surface area contributed by atoms with E-state index < -0.39 is 8.80 Å². The lowest BCUT2D eigenvalue weighted by Gasteiger charge is -2.18. The molecule has 3 heteroatoms. The molecular weight excluding hydrogens is 368 g/mol. The lowest BCUT2D eigenvalue weighted by molar-refractivity contribution is 0.908. The first kappa shape index (κ1) is 18.9. The third kappa shape index (κ3) is 4.70. The topological polar surface area (TPSA) is 35.9 Å². The molecule has 0 saturated heterocycles. The Balaban J connectivity index is 1.62. The Morgan fingerprint density at radius 1 is 0.621 bits per heavy atom. The van der Waals surface area contributed by atoms with Crippen molar-refractivity contribution in [1.82, 2.24) is 5.32 Å². The zero-order valence-corrected chi connectivity index (χ0v) is 17.4. The van der Waals surface area contributed by atoms with Gasteiger partial charge >= 0.3 is 0 Å². The number of nitrogens with one attached hydrogen (secondary N) is 2. The zero-order valence-electron chi connectivity index (χ0n) is 16.3. The van der Waals surface area contributed by atoms with E-state index in [-0.39, 0.29) is 0 Å². The first-order valence-electron chi connectivity index (χ1n) is 9.88. The molecule has 4 aromatic carbocycles. The van der Waals surface area contributed by atoms with Crippen molar-refractivity contribution < 1.29 is 0 Å². The Morgan fingerprint density at radius 3 is 1.72 bits per heavy atom. The molecule has 4 aromatic rings. The van der Waals surface area contributed by atoms with Crippen molar-refractivity contribution in [2.75, 3.05) is 0 Å². The van der Waals surface area contributed by atoms with E-state index >= 15 is 0 Å². The second-order valence-corrected chi connectivity index (χ2v) is 9.96. The van der Waals surface area contributed by atoms with E-state index in [0.29, 0.717) is 12.4 Å². The van der Waals surface area contributed by atoms with Gasteiger partial charge in [-0.05, 0) is 5.56 Å². The second kappa shape index (κ2) is 9.17. The molecule has 0 fully saturated rings. The molecule has 29 heavy (non-hydrogen) atoms. The molecular formula is C26H24N2Si. The molecule has 0 unspecified atom stereocenters. The molecule has 4 rings (SSSR count). The van der Waals surface area contributed by atoms with Gasteiger partial charge in [-0.2, -0.15) is 0 Å². The number of hydrogen-bond acceptors (Lipinski definition) is 1. The summed E-state index contributed by atoms with van der Waals surface area (Å²) < 4.78 is 0. The highest BCUT2D eigenvalue weighted by atomic mass is 28.3. The van der Waals surface area contributed by atoms with Crippen LogP contribution in [0.1, 0.15) is 11.1 Å². The number of hydrogen-bond donors (Lipinski definition) is 2. The minimum absolute atomic E-state index is 0.463. The molecule has 0 aromatic heterocycles. The lowest BCUT2D eigenvalue weighted by Crippen LogP contribution is -2.52. The molecule has 0 bridgehead atoms. The normalized spacial score (nSPS) is 10.7. The van der Waals surface area contributed by atoms with Gasteiger partial charge in [0.2, 0.25) is 0 Å². The van der Waals surface area contributed by atoms with Crippen molar-refractivity contribution in [3.8, 4) is 0 Å². The zero-order chi connectivity index (χ0) is 19.9. The third-order valence-electron chi connectivity index (χ3n) is 5.09. The summed E-state index contributed by atoms with van der Waals surface area (Å²) in [7, 11) is -1.58. The van der Waals surface area contributed by atoms with Crippen LogP contribution in [0.15, 0.2) is 115 Å². The smallest absolute Gasteiger partial charge is 0.132 e. The van der Waals surface area contributed by atoms with Gasteiger partial charge in [0, 0.05) is 12.1 Å². The summed E-state index contributed by atoms with van der Waals surface area (Å²) in [5.41, 5.74) is 2.11. The molecule has 0 aliphatic rings. The van der Waals surface area contributed by atoms with E-state index in [4.69, 9.17) is 5.41 Å².